The summed E-state index contributed by atoms with van der Waals surface area (Å²) in [6, 6.07) is 3.97. The first-order valence-electron chi connectivity index (χ1n) is 3.77. The van der Waals surface area contributed by atoms with Gasteiger partial charge in [0, 0.05) is 18.6 Å². The standard InChI is InChI=1S/C9H9ClN2/c1-6-3-4-8-7(9(6)10)5-12(2)11-8/h3-5H,1-2H3. The molecule has 1 aromatic carbocycles. The van der Waals surface area contributed by atoms with Crippen molar-refractivity contribution < 1.29 is 0 Å². The van der Waals surface area contributed by atoms with Crippen LogP contribution in [0.5, 0.6) is 0 Å². The minimum absolute atomic E-state index is 0.806. The summed E-state index contributed by atoms with van der Waals surface area (Å²) in [7, 11) is 1.89. The minimum atomic E-state index is 0.806. The molecule has 0 amide bonds. The molecule has 0 atom stereocenters. The summed E-state index contributed by atoms with van der Waals surface area (Å²) in [4.78, 5) is 0. The quantitative estimate of drug-likeness (QED) is 0.609. The second kappa shape index (κ2) is 2.49. The van der Waals surface area contributed by atoms with Crippen molar-refractivity contribution in [1.29, 1.82) is 0 Å². The fraction of sp³-hybridized carbons (Fsp3) is 0.222. The summed E-state index contributed by atoms with van der Waals surface area (Å²) in [5, 5.41) is 6.08. The predicted molar refractivity (Wildman–Crippen MR) is 50.5 cm³/mol. The minimum Gasteiger partial charge on any atom is -0.275 e. The monoisotopic (exact) mass is 180 g/mol. The number of aromatic nitrogens is 2. The molecule has 0 aliphatic carbocycles. The van der Waals surface area contributed by atoms with Crippen LogP contribution in [0.15, 0.2) is 18.3 Å². The summed E-state index contributed by atoms with van der Waals surface area (Å²) in [5.41, 5.74) is 2.05. The maximum Gasteiger partial charge on any atom is 0.0938 e. The molecule has 0 spiro atoms. The van der Waals surface area contributed by atoms with E-state index in [1.54, 1.807) is 4.68 Å². The van der Waals surface area contributed by atoms with Crippen molar-refractivity contribution in [1.82, 2.24) is 9.78 Å². The number of hydrogen-bond acceptors (Lipinski definition) is 1. The Bertz CT molecular complexity index is 431. The highest BCUT2D eigenvalue weighted by molar-refractivity contribution is 6.36. The van der Waals surface area contributed by atoms with E-state index in [1.807, 2.05) is 32.3 Å². The van der Waals surface area contributed by atoms with E-state index in [0.717, 1.165) is 21.5 Å². The topological polar surface area (TPSA) is 17.8 Å². The van der Waals surface area contributed by atoms with Crippen LogP contribution in [-0.2, 0) is 7.05 Å². The Morgan fingerprint density at radius 2 is 2.17 bits per heavy atom. The average molecular weight is 181 g/mol. The fourth-order valence-electron chi connectivity index (χ4n) is 1.29. The van der Waals surface area contributed by atoms with Gasteiger partial charge in [-0.3, -0.25) is 4.68 Å². The van der Waals surface area contributed by atoms with Gasteiger partial charge >= 0.3 is 0 Å². The van der Waals surface area contributed by atoms with Crippen LogP contribution < -0.4 is 0 Å². The number of hydrogen-bond donors (Lipinski definition) is 0. The molecule has 0 fully saturated rings. The Morgan fingerprint density at radius 3 is 2.92 bits per heavy atom. The molecule has 2 aromatic rings. The van der Waals surface area contributed by atoms with Crippen molar-refractivity contribution in [2.24, 2.45) is 7.05 Å². The summed E-state index contributed by atoms with van der Waals surface area (Å²) in [6.07, 6.45) is 1.94. The number of aryl methyl sites for hydroxylation is 2. The van der Waals surface area contributed by atoms with E-state index in [0.29, 0.717) is 0 Å². The molecule has 0 saturated heterocycles. The molecule has 0 bridgehead atoms. The average Bonchev–Trinajstić information content (AvgIpc) is 2.39. The molecule has 0 saturated carbocycles. The first-order chi connectivity index (χ1) is 5.68. The lowest BCUT2D eigenvalue weighted by molar-refractivity contribution is 0.780. The highest BCUT2D eigenvalue weighted by Gasteiger charge is 2.04. The molecule has 0 aliphatic heterocycles. The number of nitrogens with zero attached hydrogens (tertiary/aromatic N) is 2. The molecular weight excluding hydrogens is 172 g/mol. The van der Waals surface area contributed by atoms with E-state index in [9.17, 15) is 0 Å². The van der Waals surface area contributed by atoms with Crippen LogP contribution in [0.25, 0.3) is 10.9 Å². The van der Waals surface area contributed by atoms with Crippen LogP contribution in [0.1, 0.15) is 5.56 Å². The lowest BCUT2D eigenvalue weighted by Crippen LogP contribution is -1.84. The third-order valence-electron chi connectivity index (χ3n) is 1.93. The van der Waals surface area contributed by atoms with E-state index >= 15 is 0 Å². The Kier molecular flexibility index (Phi) is 1.58. The molecule has 12 heavy (non-hydrogen) atoms. The molecule has 3 heteroatoms. The predicted octanol–water partition coefficient (Wildman–Crippen LogP) is 2.54. The second-order valence-electron chi connectivity index (χ2n) is 2.93. The van der Waals surface area contributed by atoms with Crippen LogP contribution in [0.2, 0.25) is 5.02 Å². The van der Waals surface area contributed by atoms with Crippen molar-refractivity contribution in [2.75, 3.05) is 0 Å². The van der Waals surface area contributed by atoms with Crippen molar-refractivity contribution >= 4 is 22.5 Å². The van der Waals surface area contributed by atoms with Gasteiger partial charge in [-0.1, -0.05) is 17.7 Å². The SMILES string of the molecule is Cc1ccc2nn(C)cc2c1Cl. The van der Waals surface area contributed by atoms with Crippen LogP contribution >= 0.6 is 11.6 Å². The number of halogens is 1. The van der Waals surface area contributed by atoms with Gasteiger partial charge in [0.15, 0.2) is 0 Å². The molecule has 62 valence electrons. The van der Waals surface area contributed by atoms with E-state index in [2.05, 4.69) is 5.10 Å². The molecule has 1 heterocycles. The third kappa shape index (κ3) is 0.994. The third-order valence-corrected chi connectivity index (χ3v) is 2.43. The Hall–Kier alpha value is -1.02. The van der Waals surface area contributed by atoms with Crippen LogP contribution in [-0.4, -0.2) is 9.78 Å². The zero-order chi connectivity index (χ0) is 8.72. The van der Waals surface area contributed by atoms with Crippen LogP contribution in [0.3, 0.4) is 0 Å². The number of fused-ring (bicyclic) bond motifs is 1. The van der Waals surface area contributed by atoms with Crippen molar-refractivity contribution in [2.45, 2.75) is 6.92 Å². The maximum absolute atomic E-state index is 6.09. The number of benzene rings is 1. The summed E-state index contributed by atoms with van der Waals surface area (Å²) < 4.78 is 1.77. The van der Waals surface area contributed by atoms with Gasteiger partial charge in [-0.25, -0.2) is 0 Å². The first kappa shape index (κ1) is 7.62. The van der Waals surface area contributed by atoms with Gasteiger partial charge in [-0.2, -0.15) is 5.10 Å². The largest absolute Gasteiger partial charge is 0.275 e. The van der Waals surface area contributed by atoms with Gasteiger partial charge in [0.25, 0.3) is 0 Å². The van der Waals surface area contributed by atoms with Gasteiger partial charge in [0.1, 0.15) is 0 Å². The second-order valence-corrected chi connectivity index (χ2v) is 3.31. The van der Waals surface area contributed by atoms with Crippen molar-refractivity contribution in [3.8, 4) is 0 Å². The molecule has 1 aromatic heterocycles. The van der Waals surface area contributed by atoms with E-state index in [4.69, 9.17) is 11.6 Å². The van der Waals surface area contributed by atoms with Crippen LogP contribution in [0.4, 0.5) is 0 Å². The fourth-order valence-corrected chi connectivity index (χ4v) is 1.50. The van der Waals surface area contributed by atoms with Crippen molar-refractivity contribution in [3.63, 3.8) is 0 Å². The van der Waals surface area contributed by atoms with Gasteiger partial charge in [0.2, 0.25) is 0 Å². The summed E-state index contributed by atoms with van der Waals surface area (Å²) in [6.45, 7) is 1.99. The van der Waals surface area contributed by atoms with E-state index in [1.165, 1.54) is 0 Å². The van der Waals surface area contributed by atoms with E-state index < -0.39 is 0 Å². The molecule has 0 aliphatic rings. The normalized spacial score (nSPS) is 10.9. The molecule has 2 rings (SSSR count). The van der Waals surface area contributed by atoms with E-state index in [-0.39, 0.29) is 0 Å². The smallest absolute Gasteiger partial charge is 0.0938 e. The summed E-state index contributed by atoms with van der Waals surface area (Å²) >= 11 is 6.09. The van der Waals surface area contributed by atoms with Gasteiger partial charge in [-0.05, 0) is 18.6 Å². The van der Waals surface area contributed by atoms with Crippen LogP contribution in [0, 0.1) is 6.92 Å². The molecule has 0 unspecified atom stereocenters. The molecule has 2 nitrogen and oxygen atoms in total. The Morgan fingerprint density at radius 1 is 1.42 bits per heavy atom. The van der Waals surface area contributed by atoms with Gasteiger partial charge in [0.05, 0.1) is 10.5 Å². The lowest BCUT2D eigenvalue weighted by Gasteiger charge is -1.95. The van der Waals surface area contributed by atoms with Crippen molar-refractivity contribution in [3.05, 3.63) is 28.9 Å². The van der Waals surface area contributed by atoms with Gasteiger partial charge < -0.3 is 0 Å². The molecular formula is C9H9ClN2. The number of rotatable bonds is 0. The Labute approximate surface area is 75.8 Å². The lowest BCUT2D eigenvalue weighted by atomic mass is 10.2. The maximum atomic E-state index is 6.09. The highest BCUT2D eigenvalue weighted by atomic mass is 35.5. The summed E-state index contributed by atoms with van der Waals surface area (Å²) in [5.74, 6) is 0. The molecule has 0 radical (unpaired) electrons. The molecule has 0 N–H and O–H groups in total. The Balaban J connectivity index is 2.89. The first-order valence-corrected chi connectivity index (χ1v) is 4.15. The van der Waals surface area contributed by atoms with Gasteiger partial charge in [-0.15, -0.1) is 0 Å². The zero-order valence-electron chi connectivity index (χ0n) is 7.00. The highest BCUT2D eigenvalue weighted by Crippen LogP contribution is 2.25. The zero-order valence-corrected chi connectivity index (χ0v) is 7.76.